The van der Waals surface area contributed by atoms with Crippen molar-refractivity contribution in [2.45, 2.75) is 20.4 Å². The molecule has 0 radical (unpaired) electrons. The Hall–Kier alpha value is -1.94. The van der Waals surface area contributed by atoms with Gasteiger partial charge in [-0.3, -0.25) is 0 Å². The van der Waals surface area contributed by atoms with Crippen LogP contribution >= 0.6 is 0 Å². The zero-order valence-electron chi connectivity index (χ0n) is 12.2. The van der Waals surface area contributed by atoms with Gasteiger partial charge in [-0.2, -0.15) is 0 Å². The van der Waals surface area contributed by atoms with Crippen LogP contribution in [-0.2, 0) is 6.54 Å². The van der Waals surface area contributed by atoms with Crippen molar-refractivity contribution in [1.82, 2.24) is 5.32 Å². The standard InChI is InChI=1S/C17H19F2NO/c1-12(2)10-20-11-13-6-5-8-15(19)17(13)21-16-9-4-3-7-14(16)18/h3-9,12,20H,10-11H2,1-2H3. The van der Waals surface area contributed by atoms with Crippen LogP contribution in [-0.4, -0.2) is 6.54 Å². The van der Waals surface area contributed by atoms with Crippen LogP contribution < -0.4 is 10.1 Å². The van der Waals surface area contributed by atoms with E-state index < -0.39 is 11.6 Å². The van der Waals surface area contributed by atoms with E-state index in [9.17, 15) is 8.78 Å². The Kier molecular flexibility index (Phi) is 5.28. The molecule has 0 aromatic heterocycles. The molecule has 21 heavy (non-hydrogen) atoms. The summed E-state index contributed by atoms with van der Waals surface area (Å²) >= 11 is 0. The van der Waals surface area contributed by atoms with E-state index in [1.54, 1.807) is 24.3 Å². The first-order valence-electron chi connectivity index (χ1n) is 6.98. The van der Waals surface area contributed by atoms with Crippen molar-refractivity contribution in [2.75, 3.05) is 6.54 Å². The third-order valence-electron chi connectivity index (χ3n) is 2.97. The molecule has 0 spiro atoms. The van der Waals surface area contributed by atoms with E-state index in [4.69, 9.17) is 4.74 Å². The Morgan fingerprint density at radius 2 is 1.71 bits per heavy atom. The Labute approximate surface area is 123 Å². The summed E-state index contributed by atoms with van der Waals surface area (Å²) in [6.45, 7) is 5.47. The molecular formula is C17H19F2NO. The average molecular weight is 291 g/mol. The van der Waals surface area contributed by atoms with E-state index >= 15 is 0 Å². The molecule has 2 aromatic rings. The molecule has 0 fully saturated rings. The van der Waals surface area contributed by atoms with Crippen molar-refractivity contribution < 1.29 is 13.5 Å². The van der Waals surface area contributed by atoms with Gasteiger partial charge in [-0.15, -0.1) is 0 Å². The van der Waals surface area contributed by atoms with E-state index in [0.29, 0.717) is 18.0 Å². The van der Waals surface area contributed by atoms with E-state index in [1.807, 2.05) is 0 Å². The van der Waals surface area contributed by atoms with Crippen LogP contribution in [0.1, 0.15) is 19.4 Å². The molecule has 2 nitrogen and oxygen atoms in total. The summed E-state index contributed by atoms with van der Waals surface area (Å²) in [4.78, 5) is 0. The lowest BCUT2D eigenvalue weighted by molar-refractivity contribution is 0.407. The second-order valence-corrected chi connectivity index (χ2v) is 5.29. The Morgan fingerprint density at radius 1 is 1.00 bits per heavy atom. The summed E-state index contributed by atoms with van der Waals surface area (Å²) in [5.74, 6) is -0.426. The molecule has 0 saturated carbocycles. The third kappa shape index (κ3) is 4.26. The number of hydrogen-bond acceptors (Lipinski definition) is 2. The van der Waals surface area contributed by atoms with Crippen molar-refractivity contribution in [1.29, 1.82) is 0 Å². The highest BCUT2D eigenvalue weighted by Crippen LogP contribution is 2.29. The van der Waals surface area contributed by atoms with Crippen molar-refractivity contribution in [3.63, 3.8) is 0 Å². The van der Waals surface area contributed by atoms with Crippen molar-refractivity contribution in [2.24, 2.45) is 5.92 Å². The fourth-order valence-electron chi connectivity index (χ4n) is 1.94. The number of halogens is 2. The van der Waals surface area contributed by atoms with Gasteiger partial charge in [-0.05, 0) is 30.7 Å². The predicted molar refractivity (Wildman–Crippen MR) is 79.4 cm³/mol. The summed E-state index contributed by atoms with van der Waals surface area (Å²) in [7, 11) is 0. The molecule has 1 N–H and O–H groups in total. The molecule has 0 unspecified atom stereocenters. The summed E-state index contributed by atoms with van der Waals surface area (Å²) < 4.78 is 33.1. The van der Waals surface area contributed by atoms with E-state index in [1.165, 1.54) is 18.2 Å². The topological polar surface area (TPSA) is 21.3 Å². The smallest absolute Gasteiger partial charge is 0.167 e. The summed E-state index contributed by atoms with van der Waals surface area (Å²) in [5, 5.41) is 3.23. The molecule has 0 aliphatic heterocycles. The normalized spacial score (nSPS) is 10.9. The zero-order valence-corrected chi connectivity index (χ0v) is 12.2. The molecule has 2 aromatic carbocycles. The molecule has 0 saturated heterocycles. The number of para-hydroxylation sites is 2. The predicted octanol–water partition coefficient (Wildman–Crippen LogP) is 4.50. The van der Waals surface area contributed by atoms with E-state index in [0.717, 1.165) is 6.54 Å². The Bertz CT molecular complexity index is 599. The summed E-state index contributed by atoms with van der Waals surface area (Å²) in [6.07, 6.45) is 0. The third-order valence-corrected chi connectivity index (χ3v) is 2.97. The SMILES string of the molecule is CC(C)CNCc1cccc(F)c1Oc1ccccc1F. The zero-order chi connectivity index (χ0) is 15.2. The quantitative estimate of drug-likeness (QED) is 0.846. The van der Waals surface area contributed by atoms with Gasteiger partial charge >= 0.3 is 0 Å². The Morgan fingerprint density at radius 3 is 2.43 bits per heavy atom. The van der Waals surface area contributed by atoms with Gasteiger partial charge in [-0.25, -0.2) is 8.78 Å². The van der Waals surface area contributed by atoms with Gasteiger partial charge in [0.2, 0.25) is 0 Å². The van der Waals surface area contributed by atoms with Crippen LogP contribution in [0.5, 0.6) is 11.5 Å². The minimum absolute atomic E-state index is 0.0210. The molecule has 0 aliphatic rings. The van der Waals surface area contributed by atoms with Gasteiger partial charge in [0.15, 0.2) is 23.1 Å². The van der Waals surface area contributed by atoms with Crippen molar-refractivity contribution in [3.8, 4) is 11.5 Å². The molecule has 112 valence electrons. The second kappa shape index (κ2) is 7.18. The fraction of sp³-hybridized carbons (Fsp3) is 0.294. The largest absolute Gasteiger partial charge is 0.451 e. The molecule has 2 rings (SSSR count). The van der Waals surface area contributed by atoms with Gasteiger partial charge in [0, 0.05) is 12.1 Å². The van der Waals surface area contributed by atoms with Gasteiger partial charge in [0.25, 0.3) is 0 Å². The molecule has 4 heteroatoms. The van der Waals surface area contributed by atoms with Crippen molar-refractivity contribution in [3.05, 3.63) is 59.7 Å². The highest BCUT2D eigenvalue weighted by atomic mass is 19.1. The first kappa shape index (κ1) is 15.4. The van der Waals surface area contributed by atoms with Gasteiger partial charge in [-0.1, -0.05) is 38.1 Å². The summed E-state index contributed by atoms with van der Waals surface area (Å²) in [5.41, 5.74) is 0.666. The number of ether oxygens (including phenoxy) is 1. The average Bonchev–Trinajstić information content (AvgIpc) is 2.44. The summed E-state index contributed by atoms with van der Waals surface area (Å²) in [6, 6.07) is 10.7. The molecule has 0 bridgehead atoms. The minimum Gasteiger partial charge on any atom is -0.451 e. The number of hydrogen-bond donors (Lipinski definition) is 1. The number of rotatable bonds is 6. The van der Waals surface area contributed by atoms with Gasteiger partial charge < -0.3 is 10.1 Å². The Balaban J connectivity index is 2.20. The maximum atomic E-state index is 14.0. The van der Waals surface area contributed by atoms with E-state index in [2.05, 4.69) is 19.2 Å². The van der Waals surface area contributed by atoms with Gasteiger partial charge in [0.1, 0.15) is 0 Å². The van der Waals surface area contributed by atoms with Crippen LogP contribution in [0, 0.1) is 17.6 Å². The number of benzene rings is 2. The molecule has 0 aliphatic carbocycles. The van der Waals surface area contributed by atoms with Crippen LogP contribution in [0.4, 0.5) is 8.78 Å². The van der Waals surface area contributed by atoms with E-state index in [-0.39, 0.29) is 11.5 Å². The lowest BCUT2D eigenvalue weighted by Crippen LogP contribution is -2.19. The molecule has 0 atom stereocenters. The first-order valence-corrected chi connectivity index (χ1v) is 6.98. The van der Waals surface area contributed by atoms with Crippen LogP contribution in [0.15, 0.2) is 42.5 Å². The maximum absolute atomic E-state index is 14.0. The van der Waals surface area contributed by atoms with Crippen molar-refractivity contribution >= 4 is 0 Å². The van der Waals surface area contributed by atoms with Crippen LogP contribution in [0.3, 0.4) is 0 Å². The second-order valence-electron chi connectivity index (χ2n) is 5.29. The highest BCUT2D eigenvalue weighted by Gasteiger charge is 2.13. The first-order chi connectivity index (χ1) is 10.1. The van der Waals surface area contributed by atoms with Crippen LogP contribution in [0.2, 0.25) is 0 Å². The molecular weight excluding hydrogens is 272 g/mol. The minimum atomic E-state index is -0.512. The lowest BCUT2D eigenvalue weighted by atomic mass is 10.1. The molecule has 0 heterocycles. The monoisotopic (exact) mass is 291 g/mol. The molecule has 0 amide bonds. The highest BCUT2D eigenvalue weighted by molar-refractivity contribution is 5.39. The van der Waals surface area contributed by atoms with Gasteiger partial charge in [0.05, 0.1) is 0 Å². The fourth-order valence-corrected chi connectivity index (χ4v) is 1.94. The number of nitrogens with one attached hydrogen (secondary N) is 1. The van der Waals surface area contributed by atoms with Crippen LogP contribution in [0.25, 0.3) is 0 Å². The lowest BCUT2D eigenvalue weighted by Gasteiger charge is -2.14. The maximum Gasteiger partial charge on any atom is 0.167 e.